The summed E-state index contributed by atoms with van der Waals surface area (Å²) < 4.78 is 0. The Labute approximate surface area is 124 Å². The number of carbonyl (C=O) groups excluding carboxylic acids is 1. The molecule has 0 aliphatic heterocycles. The molecule has 0 aliphatic carbocycles. The van der Waals surface area contributed by atoms with Crippen LogP contribution in [0.4, 0.5) is 0 Å². The quantitative estimate of drug-likeness (QED) is 0.684. The third kappa shape index (κ3) is 3.01. The van der Waals surface area contributed by atoms with Crippen molar-refractivity contribution in [1.29, 1.82) is 0 Å². The van der Waals surface area contributed by atoms with E-state index in [9.17, 15) is 4.79 Å². The Morgan fingerprint density at radius 1 is 0.944 bits per heavy atom. The van der Waals surface area contributed by atoms with Crippen LogP contribution in [0.25, 0.3) is 0 Å². The smallest absolute Gasteiger partial charge is 0.152 e. The van der Waals surface area contributed by atoms with E-state index in [1.54, 1.807) is 24.3 Å². The zero-order valence-electron chi connectivity index (χ0n) is 8.99. The molecule has 0 unspecified atom stereocenters. The Morgan fingerprint density at radius 2 is 1.72 bits per heavy atom. The molecule has 18 heavy (non-hydrogen) atoms. The van der Waals surface area contributed by atoms with Gasteiger partial charge in [0.1, 0.15) is 0 Å². The van der Waals surface area contributed by atoms with Crippen molar-refractivity contribution in [2.24, 2.45) is 0 Å². The minimum Gasteiger partial charge on any atom is -0.298 e. The van der Waals surface area contributed by atoms with Crippen LogP contribution in [0.5, 0.6) is 0 Å². The van der Waals surface area contributed by atoms with Gasteiger partial charge in [0.25, 0.3) is 0 Å². The first-order valence-electron chi connectivity index (χ1n) is 4.98. The van der Waals surface area contributed by atoms with Gasteiger partial charge in [-0.2, -0.15) is 0 Å². The molecular formula is C13H7Cl3OS. The van der Waals surface area contributed by atoms with Crippen molar-refractivity contribution in [2.45, 2.75) is 9.79 Å². The predicted octanol–water partition coefficient (Wildman–Crippen LogP) is 5.61. The highest BCUT2D eigenvalue weighted by Crippen LogP contribution is 2.35. The van der Waals surface area contributed by atoms with Gasteiger partial charge in [-0.05, 0) is 30.3 Å². The topological polar surface area (TPSA) is 17.1 Å². The van der Waals surface area contributed by atoms with Crippen LogP contribution in [0.3, 0.4) is 0 Å². The number of carbonyl (C=O) groups is 1. The Morgan fingerprint density at radius 3 is 2.39 bits per heavy atom. The molecule has 5 heteroatoms. The highest BCUT2D eigenvalue weighted by Gasteiger charge is 2.08. The molecule has 2 aromatic carbocycles. The Hall–Kier alpha value is -0.670. The molecule has 0 bridgehead atoms. The summed E-state index contributed by atoms with van der Waals surface area (Å²) in [5, 5.41) is 1.43. The maximum atomic E-state index is 11.0. The average Bonchev–Trinajstić information content (AvgIpc) is 2.34. The van der Waals surface area contributed by atoms with Gasteiger partial charge < -0.3 is 0 Å². The first kappa shape index (κ1) is 13.8. The van der Waals surface area contributed by atoms with Crippen molar-refractivity contribution in [2.75, 3.05) is 0 Å². The fourth-order valence-electron chi connectivity index (χ4n) is 1.39. The van der Waals surface area contributed by atoms with E-state index in [1.165, 1.54) is 11.8 Å². The average molecular weight is 318 g/mol. The molecule has 0 aromatic heterocycles. The number of hydrogen-bond acceptors (Lipinski definition) is 2. The second kappa shape index (κ2) is 5.98. The molecule has 0 atom stereocenters. The maximum absolute atomic E-state index is 11.0. The monoisotopic (exact) mass is 316 g/mol. The molecule has 0 saturated heterocycles. The predicted molar refractivity (Wildman–Crippen MR) is 77.4 cm³/mol. The van der Waals surface area contributed by atoms with Gasteiger partial charge in [0, 0.05) is 15.4 Å². The molecule has 2 rings (SSSR count). The van der Waals surface area contributed by atoms with Crippen LogP contribution >= 0.6 is 46.6 Å². The van der Waals surface area contributed by atoms with Gasteiger partial charge >= 0.3 is 0 Å². The lowest BCUT2D eigenvalue weighted by molar-refractivity contribution is 0.112. The van der Waals surface area contributed by atoms with Crippen LogP contribution in [-0.2, 0) is 0 Å². The van der Waals surface area contributed by atoms with E-state index in [0.717, 1.165) is 16.1 Å². The summed E-state index contributed by atoms with van der Waals surface area (Å²) in [4.78, 5) is 12.7. The van der Waals surface area contributed by atoms with Crippen LogP contribution in [0.2, 0.25) is 15.1 Å². The summed E-state index contributed by atoms with van der Waals surface area (Å²) in [7, 11) is 0. The third-order valence-electron chi connectivity index (χ3n) is 2.25. The fraction of sp³-hybridized carbons (Fsp3) is 0. The second-order valence-corrected chi connectivity index (χ2v) is 5.78. The summed E-state index contributed by atoms with van der Waals surface area (Å²) >= 11 is 19.2. The highest BCUT2D eigenvalue weighted by atomic mass is 35.5. The van der Waals surface area contributed by atoms with Gasteiger partial charge in [-0.3, -0.25) is 4.79 Å². The molecule has 0 radical (unpaired) electrons. The molecule has 0 fully saturated rings. The zero-order chi connectivity index (χ0) is 13.1. The van der Waals surface area contributed by atoms with Crippen LogP contribution in [0.1, 0.15) is 10.4 Å². The van der Waals surface area contributed by atoms with E-state index in [-0.39, 0.29) is 0 Å². The summed E-state index contributed by atoms with van der Waals surface area (Å²) in [6, 6.07) is 10.6. The number of aldehydes is 1. The number of halogens is 3. The largest absolute Gasteiger partial charge is 0.298 e. The van der Waals surface area contributed by atoms with E-state index in [0.29, 0.717) is 20.6 Å². The molecular weight excluding hydrogens is 311 g/mol. The minimum absolute atomic E-state index is 0.440. The summed E-state index contributed by atoms with van der Waals surface area (Å²) in [5.74, 6) is 0. The molecule has 0 spiro atoms. The van der Waals surface area contributed by atoms with Crippen molar-refractivity contribution in [1.82, 2.24) is 0 Å². The van der Waals surface area contributed by atoms with E-state index >= 15 is 0 Å². The van der Waals surface area contributed by atoms with Crippen LogP contribution in [-0.4, -0.2) is 6.29 Å². The van der Waals surface area contributed by atoms with Crippen molar-refractivity contribution >= 4 is 52.9 Å². The molecule has 0 saturated carbocycles. The zero-order valence-corrected chi connectivity index (χ0v) is 12.1. The number of rotatable bonds is 3. The van der Waals surface area contributed by atoms with E-state index in [4.69, 9.17) is 34.8 Å². The van der Waals surface area contributed by atoms with E-state index in [2.05, 4.69) is 0 Å². The normalized spacial score (nSPS) is 10.4. The van der Waals surface area contributed by atoms with Gasteiger partial charge in [0.05, 0.1) is 15.1 Å². The maximum Gasteiger partial charge on any atom is 0.152 e. The van der Waals surface area contributed by atoms with Crippen molar-refractivity contribution in [3.63, 3.8) is 0 Å². The number of benzene rings is 2. The first-order valence-corrected chi connectivity index (χ1v) is 6.93. The lowest BCUT2D eigenvalue weighted by atomic mass is 10.2. The van der Waals surface area contributed by atoms with Crippen LogP contribution < -0.4 is 0 Å². The van der Waals surface area contributed by atoms with Crippen molar-refractivity contribution in [3.8, 4) is 0 Å². The highest BCUT2D eigenvalue weighted by molar-refractivity contribution is 7.99. The summed E-state index contributed by atoms with van der Waals surface area (Å²) in [6.45, 7) is 0. The van der Waals surface area contributed by atoms with Gasteiger partial charge in [0.2, 0.25) is 0 Å². The molecule has 92 valence electrons. The van der Waals surface area contributed by atoms with Crippen LogP contribution in [0, 0.1) is 0 Å². The van der Waals surface area contributed by atoms with Gasteiger partial charge in [-0.15, -0.1) is 0 Å². The standard InChI is InChI=1S/C13H7Cl3OS/c14-10-2-1-3-13(9(10)7-17)18-8-4-5-11(15)12(16)6-8/h1-7H. The third-order valence-corrected chi connectivity index (χ3v) is 4.38. The van der Waals surface area contributed by atoms with Crippen molar-refractivity contribution in [3.05, 3.63) is 57.0 Å². The second-order valence-electron chi connectivity index (χ2n) is 3.45. The first-order chi connectivity index (χ1) is 8.61. The minimum atomic E-state index is 0.440. The van der Waals surface area contributed by atoms with E-state index < -0.39 is 0 Å². The Bertz CT molecular complexity index is 599. The molecule has 1 nitrogen and oxygen atoms in total. The molecule has 0 N–H and O–H groups in total. The number of hydrogen-bond donors (Lipinski definition) is 0. The summed E-state index contributed by atoms with van der Waals surface area (Å²) in [5.41, 5.74) is 0.482. The lowest BCUT2D eigenvalue weighted by Crippen LogP contribution is -1.86. The Kier molecular flexibility index (Phi) is 4.57. The molecule has 2 aromatic rings. The molecule has 0 heterocycles. The lowest BCUT2D eigenvalue weighted by Gasteiger charge is -2.06. The summed E-state index contributed by atoms with van der Waals surface area (Å²) in [6.07, 6.45) is 0.752. The van der Waals surface area contributed by atoms with Crippen LogP contribution in [0.15, 0.2) is 46.2 Å². The van der Waals surface area contributed by atoms with Gasteiger partial charge in [-0.25, -0.2) is 0 Å². The van der Waals surface area contributed by atoms with Gasteiger partial charge in [0.15, 0.2) is 6.29 Å². The Balaban J connectivity index is 2.36. The molecule has 0 amide bonds. The fourth-order valence-corrected chi connectivity index (χ4v) is 3.01. The van der Waals surface area contributed by atoms with Crippen molar-refractivity contribution < 1.29 is 4.79 Å². The van der Waals surface area contributed by atoms with Gasteiger partial charge in [-0.1, -0.05) is 52.6 Å². The molecule has 0 aliphatic rings. The SMILES string of the molecule is O=Cc1c(Cl)cccc1Sc1ccc(Cl)c(Cl)c1. The van der Waals surface area contributed by atoms with E-state index in [1.807, 2.05) is 12.1 Å².